The number of hydrogen-bond donors (Lipinski definition) is 1. The van der Waals surface area contributed by atoms with Crippen molar-refractivity contribution in [3.63, 3.8) is 0 Å². The van der Waals surface area contributed by atoms with E-state index in [-0.39, 0.29) is 5.57 Å². The van der Waals surface area contributed by atoms with Crippen LogP contribution in [-0.4, -0.2) is 56.9 Å². The standard InChI is InChI=1S/C26H31N3O4/c1-3-20-5-8-23(9-6-20)28-26(30)22(19-27)17-21-7-10-24(25(18-21)32-4-2)33-16-13-29-11-14-31-15-12-29/h5-10,17-18H,3-4,11-16H2,1-2H3,(H,28,30)/b22-17+. The number of hydrogen-bond acceptors (Lipinski definition) is 6. The zero-order valence-electron chi connectivity index (χ0n) is 19.3. The Balaban J connectivity index is 1.67. The molecule has 2 aromatic carbocycles. The van der Waals surface area contributed by atoms with E-state index < -0.39 is 5.91 Å². The fourth-order valence-electron chi connectivity index (χ4n) is 3.45. The van der Waals surface area contributed by atoms with Gasteiger partial charge in [0.15, 0.2) is 11.5 Å². The number of anilines is 1. The highest BCUT2D eigenvalue weighted by Gasteiger charge is 2.13. The Morgan fingerprint density at radius 3 is 2.55 bits per heavy atom. The molecule has 1 amide bonds. The fraction of sp³-hybridized carbons (Fsp3) is 0.385. The summed E-state index contributed by atoms with van der Waals surface area (Å²) in [6.45, 7) is 9.13. The minimum Gasteiger partial charge on any atom is -0.490 e. The molecule has 0 spiro atoms. The summed E-state index contributed by atoms with van der Waals surface area (Å²) in [5.74, 6) is 0.771. The van der Waals surface area contributed by atoms with Crippen LogP contribution in [0.15, 0.2) is 48.0 Å². The van der Waals surface area contributed by atoms with Crippen molar-refractivity contribution in [3.05, 3.63) is 59.2 Å². The third-order valence-electron chi connectivity index (χ3n) is 5.33. The zero-order valence-corrected chi connectivity index (χ0v) is 19.3. The van der Waals surface area contributed by atoms with Crippen molar-refractivity contribution in [1.29, 1.82) is 5.26 Å². The lowest BCUT2D eigenvalue weighted by Crippen LogP contribution is -2.38. The molecule has 1 N–H and O–H groups in total. The molecule has 7 nitrogen and oxygen atoms in total. The largest absolute Gasteiger partial charge is 0.490 e. The van der Waals surface area contributed by atoms with E-state index in [1.54, 1.807) is 12.1 Å². The second-order valence-electron chi connectivity index (χ2n) is 7.62. The molecule has 0 bridgehead atoms. The van der Waals surface area contributed by atoms with Crippen LogP contribution < -0.4 is 14.8 Å². The van der Waals surface area contributed by atoms with Gasteiger partial charge in [0, 0.05) is 25.3 Å². The molecule has 1 heterocycles. The van der Waals surface area contributed by atoms with Gasteiger partial charge in [0.2, 0.25) is 0 Å². The number of ether oxygens (including phenoxy) is 3. The van der Waals surface area contributed by atoms with Crippen molar-refractivity contribution in [3.8, 4) is 17.6 Å². The van der Waals surface area contributed by atoms with E-state index in [2.05, 4.69) is 17.1 Å². The number of amides is 1. The number of carbonyl (C=O) groups is 1. The van der Waals surface area contributed by atoms with Crippen molar-refractivity contribution in [1.82, 2.24) is 4.90 Å². The van der Waals surface area contributed by atoms with Crippen LogP contribution in [0, 0.1) is 11.3 Å². The lowest BCUT2D eigenvalue weighted by molar-refractivity contribution is -0.112. The van der Waals surface area contributed by atoms with Gasteiger partial charge in [-0.3, -0.25) is 9.69 Å². The van der Waals surface area contributed by atoms with Crippen LogP contribution in [-0.2, 0) is 16.0 Å². The molecular weight excluding hydrogens is 418 g/mol. The summed E-state index contributed by atoms with van der Waals surface area (Å²) in [4.78, 5) is 14.9. The minimum atomic E-state index is -0.453. The van der Waals surface area contributed by atoms with Gasteiger partial charge in [0.25, 0.3) is 5.91 Å². The van der Waals surface area contributed by atoms with Crippen LogP contribution in [0.1, 0.15) is 25.0 Å². The maximum atomic E-state index is 12.6. The summed E-state index contributed by atoms with van der Waals surface area (Å²) in [7, 11) is 0. The van der Waals surface area contributed by atoms with Crippen molar-refractivity contribution in [2.45, 2.75) is 20.3 Å². The van der Waals surface area contributed by atoms with Gasteiger partial charge in [-0.15, -0.1) is 0 Å². The second kappa shape index (κ2) is 12.6. The van der Waals surface area contributed by atoms with E-state index in [1.807, 2.05) is 49.4 Å². The first-order valence-electron chi connectivity index (χ1n) is 11.3. The molecule has 2 aromatic rings. The summed E-state index contributed by atoms with van der Waals surface area (Å²) in [6.07, 6.45) is 2.47. The molecule has 7 heteroatoms. The fourth-order valence-corrected chi connectivity index (χ4v) is 3.45. The maximum absolute atomic E-state index is 12.6. The molecule has 1 saturated heterocycles. The molecule has 3 rings (SSSR count). The lowest BCUT2D eigenvalue weighted by Gasteiger charge is -2.26. The molecule has 174 valence electrons. The molecule has 1 fully saturated rings. The SMILES string of the molecule is CCOc1cc(/C=C(\C#N)C(=O)Nc2ccc(CC)cc2)ccc1OCCN1CCOCC1. The Morgan fingerprint density at radius 2 is 1.88 bits per heavy atom. The van der Waals surface area contributed by atoms with Crippen LogP contribution in [0.2, 0.25) is 0 Å². The van der Waals surface area contributed by atoms with E-state index >= 15 is 0 Å². The van der Waals surface area contributed by atoms with Gasteiger partial charge in [0.1, 0.15) is 18.2 Å². The van der Waals surface area contributed by atoms with Crippen molar-refractivity contribution >= 4 is 17.7 Å². The highest BCUT2D eigenvalue weighted by molar-refractivity contribution is 6.09. The molecular formula is C26H31N3O4. The molecule has 0 unspecified atom stereocenters. The molecule has 0 aliphatic carbocycles. The van der Waals surface area contributed by atoms with Crippen LogP contribution in [0.4, 0.5) is 5.69 Å². The van der Waals surface area contributed by atoms with Crippen molar-refractivity contribution in [2.75, 3.05) is 51.4 Å². The first-order valence-corrected chi connectivity index (χ1v) is 11.3. The number of aryl methyl sites for hydroxylation is 1. The predicted octanol–water partition coefficient (Wildman–Crippen LogP) is 3.90. The van der Waals surface area contributed by atoms with Gasteiger partial charge >= 0.3 is 0 Å². The third-order valence-corrected chi connectivity index (χ3v) is 5.33. The molecule has 1 aliphatic heterocycles. The monoisotopic (exact) mass is 449 g/mol. The Labute approximate surface area is 195 Å². The van der Waals surface area contributed by atoms with Crippen LogP contribution >= 0.6 is 0 Å². The smallest absolute Gasteiger partial charge is 0.266 e. The van der Waals surface area contributed by atoms with Crippen LogP contribution in [0.5, 0.6) is 11.5 Å². The predicted molar refractivity (Wildman–Crippen MR) is 128 cm³/mol. The molecule has 0 atom stereocenters. The van der Waals surface area contributed by atoms with Gasteiger partial charge < -0.3 is 19.5 Å². The number of carbonyl (C=O) groups excluding carboxylic acids is 1. The van der Waals surface area contributed by atoms with Gasteiger partial charge in [-0.25, -0.2) is 0 Å². The Bertz CT molecular complexity index is 990. The number of rotatable bonds is 10. The van der Waals surface area contributed by atoms with Gasteiger partial charge in [-0.05, 0) is 54.8 Å². The topological polar surface area (TPSA) is 83.8 Å². The summed E-state index contributed by atoms with van der Waals surface area (Å²) in [6, 6.07) is 15.0. The zero-order chi connectivity index (χ0) is 23.5. The van der Waals surface area contributed by atoms with Gasteiger partial charge in [-0.2, -0.15) is 5.26 Å². The average molecular weight is 450 g/mol. The number of morpholine rings is 1. The quantitative estimate of drug-likeness (QED) is 0.437. The molecule has 1 aliphatic rings. The maximum Gasteiger partial charge on any atom is 0.266 e. The molecule has 0 radical (unpaired) electrons. The summed E-state index contributed by atoms with van der Waals surface area (Å²) >= 11 is 0. The normalized spacial score (nSPS) is 14.4. The Kier molecular flexibility index (Phi) is 9.31. The summed E-state index contributed by atoms with van der Waals surface area (Å²) in [5.41, 5.74) is 2.53. The number of nitrogens with one attached hydrogen (secondary N) is 1. The Hall–Kier alpha value is -3.34. The van der Waals surface area contributed by atoms with Crippen LogP contribution in [0.3, 0.4) is 0 Å². The van der Waals surface area contributed by atoms with E-state index in [0.717, 1.165) is 39.3 Å². The van der Waals surface area contributed by atoms with E-state index in [9.17, 15) is 10.1 Å². The highest BCUT2D eigenvalue weighted by Crippen LogP contribution is 2.29. The van der Waals surface area contributed by atoms with E-state index in [4.69, 9.17) is 14.2 Å². The van der Waals surface area contributed by atoms with E-state index in [0.29, 0.717) is 36.0 Å². The second-order valence-corrected chi connectivity index (χ2v) is 7.62. The first-order chi connectivity index (χ1) is 16.1. The lowest BCUT2D eigenvalue weighted by atomic mass is 10.1. The summed E-state index contributed by atoms with van der Waals surface area (Å²) in [5, 5.41) is 12.3. The van der Waals surface area contributed by atoms with Crippen LogP contribution in [0.25, 0.3) is 6.08 Å². The highest BCUT2D eigenvalue weighted by atomic mass is 16.5. The first kappa shape index (κ1) is 24.3. The average Bonchev–Trinajstić information content (AvgIpc) is 2.85. The van der Waals surface area contributed by atoms with Gasteiger partial charge in [-0.1, -0.05) is 25.1 Å². The Morgan fingerprint density at radius 1 is 1.12 bits per heavy atom. The van der Waals surface area contributed by atoms with Crippen molar-refractivity contribution < 1.29 is 19.0 Å². The molecule has 33 heavy (non-hydrogen) atoms. The third kappa shape index (κ3) is 7.35. The number of benzene rings is 2. The van der Waals surface area contributed by atoms with Crippen molar-refractivity contribution in [2.24, 2.45) is 0 Å². The van der Waals surface area contributed by atoms with E-state index in [1.165, 1.54) is 5.56 Å². The van der Waals surface area contributed by atoms with Gasteiger partial charge in [0.05, 0.1) is 19.8 Å². The molecule has 0 aromatic heterocycles. The number of nitriles is 1. The number of nitrogens with zero attached hydrogens (tertiary/aromatic N) is 2. The summed E-state index contributed by atoms with van der Waals surface area (Å²) < 4.78 is 17.1. The minimum absolute atomic E-state index is 0.0120. The molecule has 0 saturated carbocycles.